The lowest BCUT2D eigenvalue weighted by atomic mass is 9.85. The van der Waals surface area contributed by atoms with E-state index in [0.29, 0.717) is 6.04 Å². The van der Waals surface area contributed by atoms with Crippen LogP contribution in [0, 0.1) is 12.8 Å². The lowest BCUT2D eigenvalue weighted by Crippen LogP contribution is -2.37. The van der Waals surface area contributed by atoms with Gasteiger partial charge in [0, 0.05) is 21.8 Å². The molecule has 1 amide bonds. The summed E-state index contributed by atoms with van der Waals surface area (Å²) >= 11 is 3.46. The number of carbonyl (C=O) groups excluding carboxylic acids is 1. The Morgan fingerprint density at radius 1 is 1.07 bits per heavy atom. The molecule has 0 bridgehead atoms. The molecule has 1 fully saturated rings. The predicted molar refractivity (Wildman–Crippen MR) is 127 cm³/mol. The van der Waals surface area contributed by atoms with E-state index in [-0.39, 0.29) is 17.9 Å². The third kappa shape index (κ3) is 4.84. The molecule has 4 rings (SSSR count). The van der Waals surface area contributed by atoms with E-state index < -0.39 is 0 Å². The molecule has 1 aromatic heterocycles. The molecule has 3 aromatic rings. The number of hydrogen-bond donors (Lipinski definition) is 2. The summed E-state index contributed by atoms with van der Waals surface area (Å²) in [5.74, 6) is 1.19. The highest BCUT2D eigenvalue weighted by atomic mass is 79.9. The Balaban J connectivity index is 1.31. The highest BCUT2D eigenvalue weighted by Gasteiger charge is 2.27. The fraction of sp³-hybridized carbons (Fsp3) is 0.360. The second-order valence-corrected chi connectivity index (χ2v) is 9.23. The van der Waals surface area contributed by atoms with E-state index in [9.17, 15) is 4.79 Å². The summed E-state index contributed by atoms with van der Waals surface area (Å²) in [7, 11) is 0. The molecule has 1 aliphatic rings. The van der Waals surface area contributed by atoms with Crippen LogP contribution < -0.4 is 10.6 Å². The molecule has 30 heavy (non-hydrogen) atoms. The number of halogens is 1. The predicted octanol–water partition coefficient (Wildman–Crippen LogP) is 6.15. The minimum atomic E-state index is 0.0197. The number of nitrogens with zero attached hydrogens (tertiary/aromatic N) is 1. The van der Waals surface area contributed by atoms with Crippen LogP contribution in [0.5, 0.6) is 0 Å². The fourth-order valence-electron chi connectivity index (χ4n) is 4.30. The lowest BCUT2D eigenvalue weighted by molar-refractivity contribution is -0.126. The van der Waals surface area contributed by atoms with Gasteiger partial charge in [0.2, 0.25) is 5.91 Å². The van der Waals surface area contributed by atoms with Crippen molar-refractivity contribution in [3.05, 3.63) is 70.2 Å². The van der Waals surface area contributed by atoms with E-state index >= 15 is 0 Å². The first-order valence-corrected chi connectivity index (χ1v) is 11.5. The maximum atomic E-state index is 12.8. The molecular formula is C25H28BrN3O. The average molecular weight is 466 g/mol. The smallest absolute Gasteiger partial charge is 0.223 e. The van der Waals surface area contributed by atoms with Gasteiger partial charge in [-0.15, -0.1) is 0 Å². The van der Waals surface area contributed by atoms with Crippen LogP contribution in [0.25, 0.3) is 10.9 Å². The molecule has 0 aliphatic heterocycles. The number of para-hydroxylation sites is 1. The SMILES string of the molecule is Cc1cc(N[C@H]2CC[C@@H](C(=O)N[C@H](C)c3ccc(Br)cc3)CC2)nc2ccccc12. The van der Waals surface area contributed by atoms with E-state index in [1.807, 2.05) is 31.2 Å². The number of pyridine rings is 1. The van der Waals surface area contributed by atoms with E-state index in [0.717, 1.165) is 47.1 Å². The zero-order valence-corrected chi connectivity index (χ0v) is 19.1. The second-order valence-electron chi connectivity index (χ2n) is 8.32. The third-order valence-corrected chi connectivity index (χ3v) is 6.63. The molecule has 1 aliphatic carbocycles. The number of anilines is 1. The summed E-state index contributed by atoms with van der Waals surface area (Å²) in [5.41, 5.74) is 3.38. The zero-order chi connectivity index (χ0) is 21.1. The van der Waals surface area contributed by atoms with Crippen molar-refractivity contribution in [2.45, 2.75) is 51.6 Å². The maximum Gasteiger partial charge on any atom is 0.223 e. The summed E-state index contributed by atoms with van der Waals surface area (Å²) in [6.45, 7) is 4.17. The molecule has 4 nitrogen and oxygen atoms in total. The van der Waals surface area contributed by atoms with Crippen molar-refractivity contribution in [1.82, 2.24) is 10.3 Å². The molecule has 0 spiro atoms. The van der Waals surface area contributed by atoms with Gasteiger partial charge in [0.05, 0.1) is 11.6 Å². The molecule has 5 heteroatoms. The van der Waals surface area contributed by atoms with Gasteiger partial charge in [0.25, 0.3) is 0 Å². The van der Waals surface area contributed by atoms with Gasteiger partial charge in [-0.3, -0.25) is 4.79 Å². The first kappa shape index (κ1) is 20.9. The molecule has 0 saturated heterocycles. The van der Waals surface area contributed by atoms with Crippen LogP contribution in [-0.2, 0) is 4.79 Å². The number of fused-ring (bicyclic) bond motifs is 1. The van der Waals surface area contributed by atoms with Crippen LogP contribution in [0.15, 0.2) is 59.1 Å². The number of amides is 1. The van der Waals surface area contributed by atoms with Crippen LogP contribution in [0.2, 0.25) is 0 Å². The third-order valence-electron chi connectivity index (χ3n) is 6.10. The van der Waals surface area contributed by atoms with Gasteiger partial charge in [-0.25, -0.2) is 4.98 Å². The summed E-state index contributed by atoms with van der Waals surface area (Å²) in [5, 5.41) is 7.99. The molecule has 1 saturated carbocycles. The number of carbonyl (C=O) groups is 1. The minimum Gasteiger partial charge on any atom is -0.367 e. The van der Waals surface area contributed by atoms with E-state index in [4.69, 9.17) is 4.98 Å². The average Bonchev–Trinajstić information content (AvgIpc) is 2.74. The molecule has 1 heterocycles. The number of hydrogen-bond acceptors (Lipinski definition) is 3. The molecule has 2 N–H and O–H groups in total. The Morgan fingerprint density at radius 3 is 2.50 bits per heavy atom. The summed E-state index contributed by atoms with van der Waals surface area (Å²) in [4.78, 5) is 17.5. The van der Waals surface area contributed by atoms with Gasteiger partial charge in [-0.2, -0.15) is 0 Å². The van der Waals surface area contributed by atoms with Crippen molar-refractivity contribution in [3.8, 4) is 0 Å². The number of aryl methyl sites for hydroxylation is 1. The van der Waals surface area contributed by atoms with Gasteiger partial charge in [0.15, 0.2) is 0 Å². The van der Waals surface area contributed by atoms with Crippen molar-refractivity contribution < 1.29 is 4.79 Å². The molecule has 0 unspecified atom stereocenters. The number of aromatic nitrogens is 1. The highest BCUT2D eigenvalue weighted by Crippen LogP contribution is 2.28. The minimum absolute atomic E-state index is 0.0197. The van der Waals surface area contributed by atoms with Crippen LogP contribution in [-0.4, -0.2) is 16.9 Å². The number of benzene rings is 2. The van der Waals surface area contributed by atoms with Crippen LogP contribution in [0.1, 0.15) is 49.8 Å². The molecular weight excluding hydrogens is 438 g/mol. The van der Waals surface area contributed by atoms with Crippen molar-refractivity contribution in [2.24, 2.45) is 5.92 Å². The molecule has 0 radical (unpaired) electrons. The van der Waals surface area contributed by atoms with Crippen molar-refractivity contribution in [1.29, 1.82) is 0 Å². The van der Waals surface area contributed by atoms with Crippen molar-refractivity contribution in [2.75, 3.05) is 5.32 Å². The number of nitrogens with one attached hydrogen (secondary N) is 2. The Morgan fingerprint density at radius 2 is 1.77 bits per heavy atom. The van der Waals surface area contributed by atoms with Gasteiger partial charge in [0.1, 0.15) is 5.82 Å². The van der Waals surface area contributed by atoms with E-state index in [1.165, 1.54) is 10.9 Å². The standard InChI is InChI=1S/C25H28BrN3O/c1-16-15-24(29-23-6-4-3-5-22(16)23)28-21-13-9-19(10-14-21)25(30)27-17(2)18-7-11-20(26)12-8-18/h3-8,11-12,15,17,19,21H,9-10,13-14H2,1-2H3,(H,27,30)(H,28,29)/t17-,19-,21+/m1/s1. The highest BCUT2D eigenvalue weighted by molar-refractivity contribution is 9.10. The van der Waals surface area contributed by atoms with Crippen LogP contribution >= 0.6 is 15.9 Å². The fourth-order valence-corrected chi connectivity index (χ4v) is 4.56. The lowest BCUT2D eigenvalue weighted by Gasteiger charge is -2.29. The first-order chi connectivity index (χ1) is 14.5. The molecule has 2 aromatic carbocycles. The Bertz CT molecular complexity index is 1030. The van der Waals surface area contributed by atoms with Crippen molar-refractivity contribution >= 4 is 38.6 Å². The normalized spacial score (nSPS) is 20.0. The topological polar surface area (TPSA) is 54.0 Å². The summed E-state index contributed by atoms with van der Waals surface area (Å²) in [6.07, 6.45) is 3.78. The summed E-state index contributed by atoms with van der Waals surface area (Å²) < 4.78 is 1.05. The largest absolute Gasteiger partial charge is 0.367 e. The van der Waals surface area contributed by atoms with Crippen LogP contribution in [0.4, 0.5) is 5.82 Å². The maximum absolute atomic E-state index is 12.8. The molecule has 1 atom stereocenters. The van der Waals surface area contributed by atoms with Gasteiger partial charge in [-0.1, -0.05) is 46.3 Å². The van der Waals surface area contributed by atoms with Crippen molar-refractivity contribution in [3.63, 3.8) is 0 Å². The number of rotatable bonds is 5. The van der Waals surface area contributed by atoms with Gasteiger partial charge < -0.3 is 10.6 Å². The van der Waals surface area contributed by atoms with Gasteiger partial charge >= 0.3 is 0 Å². The Kier molecular flexibility index (Phi) is 6.38. The Hall–Kier alpha value is -2.40. The second kappa shape index (κ2) is 9.17. The monoisotopic (exact) mass is 465 g/mol. The quantitative estimate of drug-likeness (QED) is 0.474. The van der Waals surface area contributed by atoms with Crippen LogP contribution in [0.3, 0.4) is 0 Å². The Labute approximate surface area is 186 Å². The zero-order valence-electron chi connectivity index (χ0n) is 17.5. The summed E-state index contributed by atoms with van der Waals surface area (Å²) in [6, 6.07) is 18.9. The van der Waals surface area contributed by atoms with E-state index in [1.54, 1.807) is 0 Å². The van der Waals surface area contributed by atoms with E-state index in [2.05, 4.69) is 63.8 Å². The van der Waals surface area contributed by atoms with Gasteiger partial charge in [-0.05, 0) is 74.9 Å². The first-order valence-electron chi connectivity index (χ1n) is 10.7. The molecule has 156 valence electrons.